The van der Waals surface area contributed by atoms with Crippen LogP contribution in [0.15, 0.2) is 72.8 Å². The zero-order valence-corrected chi connectivity index (χ0v) is 26.9. The molecule has 0 radical (unpaired) electrons. The van der Waals surface area contributed by atoms with E-state index in [-0.39, 0.29) is 30.4 Å². The molecule has 1 heterocycles. The first kappa shape index (κ1) is 31.9. The Morgan fingerprint density at radius 2 is 1.73 bits per heavy atom. The Hall–Kier alpha value is -3.02. The van der Waals surface area contributed by atoms with Crippen molar-refractivity contribution in [2.75, 3.05) is 13.6 Å². The first-order valence-electron chi connectivity index (χ1n) is 15.0. The van der Waals surface area contributed by atoms with Crippen LogP contribution in [-0.4, -0.2) is 50.9 Å². The molecule has 2 aliphatic carbocycles. The van der Waals surface area contributed by atoms with Gasteiger partial charge in [-0.05, 0) is 73.1 Å². The van der Waals surface area contributed by atoms with Crippen molar-refractivity contribution in [3.05, 3.63) is 105 Å². The zero-order chi connectivity index (χ0) is 31.9. The number of hydrogen-bond donors (Lipinski definition) is 2. The molecule has 1 saturated heterocycles. The Morgan fingerprint density at radius 3 is 2.36 bits per heavy atom. The molecule has 0 spiro atoms. The van der Waals surface area contributed by atoms with Crippen LogP contribution in [0.1, 0.15) is 60.9 Å². The fraction of sp³-hybridized carbons (Fsp3) is 0.394. The van der Waals surface area contributed by atoms with E-state index >= 15 is 0 Å². The third-order valence-electron chi connectivity index (χ3n) is 9.05. The molecule has 6 rings (SSSR count). The molecule has 2 saturated carbocycles. The summed E-state index contributed by atoms with van der Waals surface area (Å²) in [5.74, 6) is -1.34. The summed E-state index contributed by atoms with van der Waals surface area (Å²) in [5, 5.41) is 3.56. The van der Waals surface area contributed by atoms with Crippen LogP contribution in [-0.2, 0) is 29.1 Å². The van der Waals surface area contributed by atoms with E-state index < -0.39 is 50.8 Å². The van der Waals surface area contributed by atoms with E-state index in [1.807, 2.05) is 18.2 Å². The number of carbonyl (C=O) groups is 2. The lowest BCUT2D eigenvalue weighted by Crippen LogP contribution is -2.58. The molecule has 45 heavy (non-hydrogen) atoms. The lowest BCUT2D eigenvalue weighted by molar-refractivity contribution is -0.182. The number of nitrogens with zero attached hydrogens (tertiary/aromatic N) is 1. The van der Waals surface area contributed by atoms with Gasteiger partial charge in [0.05, 0.1) is 12.5 Å². The first-order chi connectivity index (χ1) is 21.5. The number of amides is 2. The van der Waals surface area contributed by atoms with Gasteiger partial charge in [0.1, 0.15) is 22.8 Å². The molecule has 3 fully saturated rings. The molecule has 12 heteroatoms. The molecule has 0 bridgehead atoms. The van der Waals surface area contributed by atoms with Crippen molar-refractivity contribution in [2.45, 2.75) is 61.1 Å². The molecular weight excluding hydrogens is 640 g/mol. The highest BCUT2D eigenvalue weighted by Crippen LogP contribution is 2.53. The van der Waals surface area contributed by atoms with Crippen LogP contribution in [0.25, 0.3) is 0 Å². The number of halogens is 3. The monoisotopic (exact) mass is 673 g/mol. The third-order valence-corrected chi connectivity index (χ3v) is 11.7. The lowest BCUT2D eigenvalue weighted by atomic mass is 9.89. The van der Waals surface area contributed by atoms with Crippen molar-refractivity contribution < 1.29 is 27.1 Å². The Balaban J connectivity index is 1.40. The Kier molecular flexibility index (Phi) is 8.97. The third kappa shape index (κ3) is 6.36. The van der Waals surface area contributed by atoms with E-state index in [4.69, 9.17) is 27.9 Å². The second-order valence-electron chi connectivity index (χ2n) is 12.0. The average molecular weight is 675 g/mol. The van der Waals surface area contributed by atoms with E-state index in [0.717, 1.165) is 18.4 Å². The SMILES string of the molecule is CNC(=O)C[C@H]1O[C@H](c2cccc(Cl)c2)[C@@H](c2ccc(Cl)cc2)N([C@H](CNS(=O)(=O)C2(c3ccccc3F)CC2)C2CC2)C1=O. The molecule has 3 aromatic carbocycles. The van der Waals surface area contributed by atoms with Gasteiger partial charge >= 0.3 is 0 Å². The van der Waals surface area contributed by atoms with Gasteiger partial charge in [-0.15, -0.1) is 0 Å². The van der Waals surface area contributed by atoms with Gasteiger partial charge < -0.3 is 15.0 Å². The molecule has 2 amide bonds. The van der Waals surface area contributed by atoms with Crippen molar-refractivity contribution in [1.82, 2.24) is 14.9 Å². The molecule has 2 N–H and O–H groups in total. The van der Waals surface area contributed by atoms with Crippen molar-refractivity contribution in [1.29, 1.82) is 0 Å². The van der Waals surface area contributed by atoms with E-state index in [2.05, 4.69) is 10.0 Å². The minimum absolute atomic E-state index is 0.00817. The smallest absolute Gasteiger partial charge is 0.253 e. The lowest BCUT2D eigenvalue weighted by Gasteiger charge is -2.48. The number of rotatable bonds is 11. The van der Waals surface area contributed by atoms with Crippen LogP contribution in [0.5, 0.6) is 0 Å². The Bertz CT molecular complexity index is 1700. The molecule has 3 aromatic rings. The summed E-state index contributed by atoms with van der Waals surface area (Å²) in [6, 6.07) is 18.9. The van der Waals surface area contributed by atoms with Crippen LogP contribution in [0.2, 0.25) is 10.0 Å². The van der Waals surface area contributed by atoms with Gasteiger partial charge in [-0.2, -0.15) is 0 Å². The summed E-state index contributed by atoms with van der Waals surface area (Å²) >= 11 is 12.6. The van der Waals surface area contributed by atoms with Gasteiger partial charge in [-0.25, -0.2) is 17.5 Å². The summed E-state index contributed by atoms with van der Waals surface area (Å²) in [4.78, 5) is 28.6. The predicted molar refractivity (Wildman–Crippen MR) is 170 cm³/mol. The van der Waals surface area contributed by atoms with Gasteiger partial charge in [0.25, 0.3) is 5.91 Å². The molecule has 0 unspecified atom stereocenters. The van der Waals surface area contributed by atoms with Crippen LogP contribution in [0.4, 0.5) is 4.39 Å². The summed E-state index contributed by atoms with van der Waals surface area (Å²) in [6.45, 7) is -0.0754. The summed E-state index contributed by atoms with van der Waals surface area (Å²) in [6.07, 6.45) is 0.121. The van der Waals surface area contributed by atoms with Gasteiger partial charge in [-0.3, -0.25) is 9.59 Å². The standard InChI is InChI=1S/C33H34Cl2FN3O5S/c1-37-29(40)18-28-32(41)39(30(21-11-13-23(34)14-12-21)31(44-28)22-5-4-6-24(35)17-22)27(20-9-10-20)19-38-45(42,43)33(15-16-33)25-7-2-3-8-26(25)36/h2-8,11-14,17,20,27-28,30-31,38H,9-10,15-16,18-19H2,1H3,(H,37,40)/t27-,28-,30-,31-/m1/s1. The van der Waals surface area contributed by atoms with Crippen LogP contribution >= 0.6 is 23.2 Å². The highest BCUT2D eigenvalue weighted by Gasteiger charge is 2.58. The Morgan fingerprint density at radius 1 is 1.02 bits per heavy atom. The molecule has 3 aliphatic rings. The molecule has 4 atom stereocenters. The molecule has 1 aliphatic heterocycles. The molecule has 0 aromatic heterocycles. The van der Waals surface area contributed by atoms with Crippen molar-refractivity contribution in [3.8, 4) is 0 Å². The molecule has 238 valence electrons. The fourth-order valence-corrected chi connectivity index (χ4v) is 8.49. The zero-order valence-electron chi connectivity index (χ0n) is 24.6. The molecular formula is C33H34Cl2FN3O5S. The highest BCUT2D eigenvalue weighted by atomic mass is 35.5. The predicted octanol–water partition coefficient (Wildman–Crippen LogP) is 5.67. The number of hydrogen-bond acceptors (Lipinski definition) is 5. The van der Waals surface area contributed by atoms with Gasteiger partial charge in [0.2, 0.25) is 15.9 Å². The number of nitrogens with one attached hydrogen (secondary N) is 2. The van der Waals surface area contributed by atoms with Gasteiger partial charge in [0.15, 0.2) is 0 Å². The van der Waals surface area contributed by atoms with Crippen LogP contribution in [0, 0.1) is 11.7 Å². The number of benzene rings is 3. The van der Waals surface area contributed by atoms with E-state index in [1.165, 1.54) is 25.2 Å². The summed E-state index contributed by atoms with van der Waals surface area (Å²) in [7, 11) is -2.55. The second kappa shape index (κ2) is 12.6. The minimum Gasteiger partial charge on any atom is -0.359 e. The topological polar surface area (TPSA) is 105 Å². The van der Waals surface area contributed by atoms with E-state index in [1.54, 1.807) is 41.3 Å². The van der Waals surface area contributed by atoms with Crippen molar-refractivity contribution in [3.63, 3.8) is 0 Å². The van der Waals surface area contributed by atoms with Gasteiger partial charge in [0, 0.05) is 35.2 Å². The normalized spacial score (nSPS) is 23.4. The quantitative estimate of drug-likeness (QED) is 0.273. The number of ether oxygens (including phenoxy) is 1. The second-order valence-corrected chi connectivity index (χ2v) is 14.9. The number of carbonyl (C=O) groups excluding carboxylic acids is 2. The van der Waals surface area contributed by atoms with Crippen LogP contribution in [0.3, 0.4) is 0 Å². The number of sulfonamides is 1. The first-order valence-corrected chi connectivity index (χ1v) is 17.2. The number of morpholine rings is 1. The van der Waals surface area contributed by atoms with Crippen molar-refractivity contribution in [2.24, 2.45) is 5.92 Å². The summed E-state index contributed by atoms with van der Waals surface area (Å²) in [5.41, 5.74) is 1.58. The van der Waals surface area contributed by atoms with Gasteiger partial charge in [-0.1, -0.05) is 65.7 Å². The van der Waals surface area contributed by atoms with E-state index in [9.17, 15) is 22.4 Å². The largest absolute Gasteiger partial charge is 0.359 e. The fourth-order valence-electron chi connectivity index (χ4n) is 6.41. The summed E-state index contributed by atoms with van der Waals surface area (Å²) < 4.78 is 50.4. The van der Waals surface area contributed by atoms with Crippen molar-refractivity contribution >= 4 is 45.0 Å². The van der Waals surface area contributed by atoms with Crippen LogP contribution < -0.4 is 10.0 Å². The Labute approximate surface area is 272 Å². The maximum absolute atomic E-state index is 14.8. The minimum atomic E-state index is -4.03. The molecule has 8 nitrogen and oxygen atoms in total. The highest BCUT2D eigenvalue weighted by molar-refractivity contribution is 7.90. The maximum atomic E-state index is 14.8. The van der Waals surface area contributed by atoms with E-state index in [0.29, 0.717) is 28.5 Å². The average Bonchev–Trinajstić information content (AvgIpc) is 3.95. The maximum Gasteiger partial charge on any atom is 0.253 e.